The third kappa shape index (κ3) is 2.86. The lowest BCUT2D eigenvalue weighted by Gasteiger charge is -2.17. The first-order valence-corrected chi connectivity index (χ1v) is 7.16. The van der Waals surface area contributed by atoms with E-state index in [1.54, 1.807) is 0 Å². The molecule has 2 rings (SSSR count). The Labute approximate surface area is 123 Å². The van der Waals surface area contributed by atoms with E-state index >= 15 is 0 Å². The van der Waals surface area contributed by atoms with Crippen molar-refractivity contribution in [3.8, 4) is 0 Å². The number of carbonyl (C=O) groups excluding carboxylic acids is 1. The van der Waals surface area contributed by atoms with Gasteiger partial charge in [-0.05, 0) is 17.7 Å². The normalized spacial score (nSPS) is 28.0. The van der Waals surface area contributed by atoms with E-state index in [1.807, 2.05) is 0 Å². The second kappa shape index (κ2) is 6.15. The first kappa shape index (κ1) is 15.3. The molecule has 0 bridgehead atoms. The summed E-state index contributed by atoms with van der Waals surface area (Å²) in [6.45, 7) is 3.56. The topological polar surface area (TPSA) is 95.7 Å². The molecular formula is C13H13NO6S. The molecule has 1 aromatic rings. The largest absolute Gasteiger partial charge is 0.469 e. The molecule has 1 fully saturated rings. The lowest BCUT2D eigenvalue weighted by Crippen LogP contribution is -2.28. The van der Waals surface area contributed by atoms with Crippen LogP contribution >= 0.6 is 0 Å². The van der Waals surface area contributed by atoms with Crippen molar-refractivity contribution >= 4 is 22.7 Å². The van der Waals surface area contributed by atoms with Crippen LogP contribution in [0.5, 0.6) is 0 Å². The number of nitro groups is 1. The van der Waals surface area contributed by atoms with Gasteiger partial charge in [-0.2, -0.15) is 0 Å². The Morgan fingerprint density at radius 2 is 2.10 bits per heavy atom. The number of rotatable bonds is 4. The first-order chi connectivity index (χ1) is 9.99. The predicted octanol–water partition coefficient (Wildman–Crippen LogP) is 1.67. The van der Waals surface area contributed by atoms with Crippen molar-refractivity contribution in [1.82, 2.24) is 0 Å². The molecule has 21 heavy (non-hydrogen) atoms. The highest BCUT2D eigenvalue weighted by molar-refractivity contribution is 7.81. The van der Waals surface area contributed by atoms with Gasteiger partial charge in [0.1, 0.15) is 12.0 Å². The van der Waals surface area contributed by atoms with Crippen LogP contribution in [-0.2, 0) is 24.8 Å². The highest BCUT2D eigenvalue weighted by Gasteiger charge is 2.47. The van der Waals surface area contributed by atoms with Gasteiger partial charge in [-0.15, -0.1) is 6.58 Å². The lowest BCUT2D eigenvalue weighted by atomic mass is 9.92. The van der Waals surface area contributed by atoms with E-state index in [1.165, 1.54) is 37.5 Å². The molecule has 0 spiro atoms. The summed E-state index contributed by atoms with van der Waals surface area (Å²) < 4.78 is 21.9. The van der Waals surface area contributed by atoms with Gasteiger partial charge in [-0.1, -0.05) is 6.08 Å². The summed E-state index contributed by atoms with van der Waals surface area (Å²) in [5.74, 6) is -1.36. The number of ether oxygens (including phenoxy) is 1. The molecule has 8 heteroatoms. The van der Waals surface area contributed by atoms with Gasteiger partial charge in [-0.3, -0.25) is 19.1 Å². The predicted molar refractivity (Wildman–Crippen MR) is 74.6 cm³/mol. The van der Waals surface area contributed by atoms with Crippen LogP contribution < -0.4 is 0 Å². The van der Waals surface area contributed by atoms with E-state index in [4.69, 9.17) is 8.92 Å². The maximum absolute atomic E-state index is 11.9. The number of non-ortho nitro benzene ring substituents is 1. The molecule has 0 N–H and O–H groups in total. The Hall–Kier alpha value is -2.06. The summed E-state index contributed by atoms with van der Waals surface area (Å²) in [4.78, 5) is 22.0. The van der Waals surface area contributed by atoms with Crippen molar-refractivity contribution in [1.29, 1.82) is 0 Å². The minimum Gasteiger partial charge on any atom is -0.469 e. The number of nitro benzene ring substituents is 1. The van der Waals surface area contributed by atoms with E-state index in [-0.39, 0.29) is 5.69 Å². The molecule has 0 amide bonds. The smallest absolute Gasteiger partial charge is 0.313 e. The summed E-state index contributed by atoms with van der Waals surface area (Å²) in [5.41, 5.74) is 0.446. The van der Waals surface area contributed by atoms with Crippen LogP contribution in [-0.4, -0.2) is 27.5 Å². The number of carbonyl (C=O) groups is 1. The molecule has 1 aromatic carbocycles. The maximum Gasteiger partial charge on any atom is 0.313 e. The van der Waals surface area contributed by atoms with Gasteiger partial charge in [0.2, 0.25) is 0 Å². The number of nitrogens with zero attached hydrogens (tertiary/aromatic N) is 1. The van der Waals surface area contributed by atoms with Crippen molar-refractivity contribution in [3.05, 3.63) is 52.6 Å². The third-order valence-corrected chi connectivity index (χ3v) is 4.57. The maximum atomic E-state index is 11.9. The van der Waals surface area contributed by atoms with Crippen molar-refractivity contribution < 1.29 is 22.8 Å². The van der Waals surface area contributed by atoms with Crippen molar-refractivity contribution in [2.75, 3.05) is 7.11 Å². The van der Waals surface area contributed by atoms with E-state index < -0.39 is 39.2 Å². The van der Waals surface area contributed by atoms with Gasteiger partial charge in [0.15, 0.2) is 11.1 Å². The summed E-state index contributed by atoms with van der Waals surface area (Å²) >= 11 is -1.71. The fraction of sp³-hybridized carbons (Fsp3) is 0.308. The molecule has 0 saturated carbocycles. The Bertz CT molecular complexity index is 599. The lowest BCUT2D eigenvalue weighted by molar-refractivity contribution is -0.384. The molecule has 4 atom stereocenters. The standard InChI is InChI=1S/C13H13NO6S/c1-3-10-11(13(15)19-2)12(20-21(10)18)8-4-6-9(7-5-8)14(16)17/h3-7,10-12H,1H2,2H3. The van der Waals surface area contributed by atoms with Crippen LogP contribution in [0.1, 0.15) is 11.7 Å². The van der Waals surface area contributed by atoms with Crippen LogP contribution in [0.2, 0.25) is 0 Å². The van der Waals surface area contributed by atoms with Crippen molar-refractivity contribution in [2.24, 2.45) is 5.92 Å². The van der Waals surface area contributed by atoms with Gasteiger partial charge in [0.05, 0.1) is 17.3 Å². The minimum atomic E-state index is -1.71. The van der Waals surface area contributed by atoms with E-state index in [0.29, 0.717) is 5.56 Å². The Morgan fingerprint density at radius 1 is 1.48 bits per heavy atom. The minimum absolute atomic E-state index is 0.0761. The molecule has 1 aliphatic rings. The second-order valence-corrected chi connectivity index (χ2v) is 5.63. The van der Waals surface area contributed by atoms with Gasteiger partial charge in [0.25, 0.3) is 5.69 Å². The molecule has 1 aliphatic heterocycles. The zero-order valence-electron chi connectivity index (χ0n) is 11.1. The highest BCUT2D eigenvalue weighted by Crippen LogP contribution is 2.40. The third-order valence-electron chi connectivity index (χ3n) is 3.24. The van der Waals surface area contributed by atoms with Crippen LogP contribution in [0.15, 0.2) is 36.9 Å². The highest BCUT2D eigenvalue weighted by atomic mass is 32.2. The van der Waals surface area contributed by atoms with E-state index in [9.17, 15) is 19.1 Å². The Balaban J connectivity index is 2.36. The number of hydrogen-bond acceptors (Lipinski definition) is 6. The van der Waals surface area contributed by atoms with Crippen molar-refractivity contribution in [3.63, 3.8) is 0 Å². The average Bonchev–Trinajstić information content (AvgIpc) is 2.83. The van der Waals surface area contributed by atoms with Gasteiger partial charge >= 0.3 is 5.97 Å². The van der Waals surface area contributed by atoms with E-state index in [2.05, 4.69) is 6.58 Å². The molecule has 112 valence electrons. The molecule has 0 radical (unpaired) electrons. The van der Waals surface area contributed by atoms with E-state index in [0.717, 1.165) is 0 Å². The summed E-state index contributed by atoms with van der Waals surface area (Å²) in [5, 5.41) is 9.96. The number of esters is 1. The molecule has 0 aromatic heterocycles. The van der Waals surface area contributed by atoms with Crippen LogP contribution in [0.3, 0.4) is 0 Å². The molecule has 0 aliphatic carbocycles. The molecule has 1 saturated heterocycles. The quantitative estimate of drug-likeness (QED) is 0.363. The zero-order valence-corrected chi connectivity index (χ0v) is 11.9. The molecular weight excluding hydrogens is 298 g/mol. The molecule has 7 nitrogen and oxygen atoms in total. The summed E-state index contributed by atoms with van der Waals surface area (Å²) in [6.07, 6.45) is 0.602. The Kier molecular flexibility index (Phi) is 4.49. The summed E-state index contributed by atoms with van der Waals surface area (Å²) in [7, 11) is 1.23. The number of benzene rings is 1. The second-order valence-electron chi connectivity index (χ2n) is 4.38. The van der Waals surface area contributed by atoms with Gasteiger partial charge in [-0.25, -0.2) is 4.21 Å². The Morgan fingerprint density at radius 3 is 2.57 bits per heavy atom. The fourth-order valence-electron chi connectivity index (χ4n) is 2.19. The first-order valence-electron chi connectivity index (χ1n) is 6.02. The number of hydrogen-bond donors (Lipinski definition) is 0. The SMILES string of the molecule is C=CC1C(C(=O)OC)C(c2ccc([N+](=O)[O-])cc2)OS1=O. The van der Waals surface area contributed by atoms with Gasteiger partial charge in [0, 0.05) is 12.1 Å². The number of methoxy groups -OCH3 is 1. The molecule has 1 heterocycles. The monoisotopic (exact) mass is 311 g/mol. The molecule has 4 unspecified atom stereocenters. The van der Waals surface area contributed by atoms with Crippen LogP contribution in [0.25, 0.3) is 0 Å². The van der Waals surface area contributed by atoms with Gasteiger partial charge < -0.3 is 4.74 Å². The van der Waals surface area contributed by atoms with Crippen molar-refractivity contribution in [2.45, 2.75) is 11.4 Å². The summed E-state index contributed by atoms with van der Waals surface area (Å²) in [6, 6.07) is 5.55. The van der Waals surface area contributed by atoms with Crippen LogP contribution in [0.4, 0.5) is 5.69 Å². The van der Waals surface area contributed by atoms with Crippen LogP contribution in [0, 0.1) is 16.0 Å². The average molecular weight is 311 g/mol. The zero-order chi connectivity index (χ0) is 15.6. The fourth-order valence-corrected chi connectivity index (χ4v) is 3.40.